The number of fused-ring (bicyclic) bond motifs is 2. The summed E-state index contributed by atoms with van der Waals surface area (Å²) in [4.78, 5) is 13.1. The van der Waals surface area contributed by atoms with Crippen LogP contribution in [0.5, 0.6) is 0 Å². The van der Waals surface area contributed by atoms with Crippen molar-refractivity contribution in [2.45, 2.75) is 25.3 Å². The molecular formula is C16H18ClN5O. The maximum atomic E-state index is 13.1. The fourth-order valence-corrected chi connectivity index (χ4v) is 3.73. The van der Waals surface area contributed by atoms with Crippen LogP contribution in [0.2, 0.25) is 5.02 Å². The van der Waals surface area contributed by atoms with Gasteiger partial charge in [0.05, 0.1) is 22.3 Å². The van der Waals surface area contributed by atoms with Crippen molar-refractivity contribution in [3.05, 3.63) is 40.0 Å². The van der Waals surface area contributed by atoms with E-state index in [-0.39, 0.29) is 11.8 Å². The van der Waals surface area contributed by atoms with Gasteiger partial charge >= 0.3 is 0 Å². The summed E-state index contributed by atoms with van der Waals surface area (Å²) in [5.74, 6) is 0.178. The summed E-state index contributed by atoms with van der Waals surface area (Å²) < 4.78 is 1.50. The first-order valence-electron chi connectivity index (χ1n) is 7.80. The van der Waals surface area contributed by atoms with Crippen LogP contribution in [0, 0.1) is 0 Å². The summed E-state index contributed by atoms with van der Waals surface area (Å²) in [5, 5.41) is 11.5. The molecule has 2 aromatic rings. The molecule has 3 heterocycles. The summed E-state index contributed by atoms with van der Waals surface area (Å²) >= 11 is 6.25. The van der Waals surface area contributed by atoms with E-state index in [1.165, 1.54) is 4.68 Å². The quantitative estimate of drug-likeness (QED) is 0.744. The van der Waals surface area contributed by atoms with Gasteiger partial charge in [-0.25, -0.2) is 4.68 Å². The van der Waals surface area contributed by atoms with E-state index in [0.29, 0.717) is 30.4 Å². The monoisotopic (exact) mass is 331 g/mol. The smallest absolute Gasteiger partial charge is 0.254 e. The number of benzene rings is 1. The number of nitrogens with two attached hydrogens (primary N) is 1. The molecule has 1 aromatic carbocycles. The van der Waals surface area contributed by atoms with Crippen LogP contribution in [-0.4, -0.2) is 28.8 Å². The Labute approximate surface area is 139 Å². The van der Waals surface area contributed by atoms with Crippen molar-refractivity contribution in [3.63, 3.8) is 0 Å². The van der Waals surface area contributed by atoms with Crippen LogP contribution in [0.3, 0.4) is 0 Å². The van der Waals surface area contributed by atoms with E-state index in [1.807, 2.05) is 18.2 Å². The van der Waals surface area contributed by atoms with Gasteiger partial charge in [-0.1, -0.05) is 23.7 Å². The van der Waals surface area contributed by atoms with Gasteiger partial charge in [-0.3, -0.25) is 4.79 Å². The third-order valence-corrected chi connectivity index (χ3v) is 4.94. The number of rotatable bonds is 1. The maximum absolute atomic E-state index is 13.1. The number of hydrogen-bond acceptors (Lipinski definition) is 5. The second kappa shape index (κ2) is 5.54. The number of nitrogen functional groups attached to an aromatic ring is 1. The molecule has 4 N–H and O–H groups in total. The average Bonchev–Trinajstić information content (AvgIpc) is 2.92. The Balaban J connectivity index is 1.76. The largest absolute Gasteiger partial charge is 0.384 e. The molecule has 120 valence electrons. The number of halogens is 1. The molecule has 0 unspecified atom stereocenters. The maximum Gasteiger partial charge on any atom is 0.254 e. The zero-order valence-electron chi connectivity index (χ0n) is 12.6. The molecule has 0 aliphatic carbocycles. The molecule has 0 saturated carbocycles. The van der Waals surface area contributed by atoms with Gasteiger partial charge in [0.15, 0.2) is 0 Å². The van der Waals surface area contributed by atoms with Crippen molar-refractivity contribution in [2.75, 3.05) is 24.1 Å². The molecule has 4 rings (SSSR count). The molecule has 0 fully saturated rings. The highest BCUT2D eigenvalue weighted by atomic mass is 35.5. The first kappa shape index (κ1) is 14.5. The molecule has 0 spiro atoms. The average molecular weight is 332 g/mol. The van der Waals surface area contributed by atoms with Crippen LogP contribution in [-0.2, 0) is 13.0 Å². The van der Waals surface area contributed by atoms with Gasteiger partial charge in [-0.15, -0.1) is 5.10 Å². The topological polar surface area (TPSA) is 85.0 Å². The number of para-hydroxylation sites is 1. The number of carbonyl (C=O) groups excluding carboxylic acids is 1. The number of aromatic nitrogens is 2. The molecule has 0 radical (unpaired) electrons. The Kier molecular flexibility index (Phi) is 3.50. The van der Waals surface area contributed by atoms with Gasteiger partial charge in [0.25, 0.3) is 5.91 Å². The van der Waals surface area contributed by atoms with E-state index in [9.17, 15) is 4.79 Å². The summed E-state index contributed by atoms with van der Waals surface area (Å²) in [7, 11) is 0. The highest BCUT2D eigenvalue weighted by Gasteiger charge is 2.32. The van der Waals surface area contributed by atoms with E-state index in [4.69, 9.17) is 17.3 Å². The lowest BCUT2D eigenvalue weighted by Gasteiger charge is -2.27. The lowest BCUT2D eigenvalue weighted by molar-refractivity contribution is 0.0852. The fraction of sp³-hybridized carbons (Fsp3) is 0.375. The lowest BCUT2D eigenvalue weighted by Crippen LogP contribution is -2.31. The third kappa shape index (κ3) is 2.29. The number of carbonyl (C=O) groups is 1. The van der Waals surface area contributed by atoms with Gasteiger partial charge in [0.2, 0.25) is 0 Å². The molecule has 7 heteroatoms. The van der Waals surface area contributed by atoms with Crippen LogP contribution in [0.1, 0.15) is 34.0 Å². The second-order valence-corrected chi connectivity index (χ2v) is 6.37. The Bertz CT molecular complexity index is 785. The second-order valence-electron chi connectivity index (χ2n) is 5.96. The summed E-state index contributed by atoms with van der Waals surface area (Å²) in [6.45, 7) is 2.20. The third-order valence-electron chi connectivity index (χ3n) is 4.63. The highest BCUT2D eigenvalue weighted by molar-refractivity contribution is 6.33. The number of anilines is 2. The van der Waals surface area contributed by atoms with Crippen molar-refractivity contribution < 1.29 is 4.79 Å². The molecule has 23 heavy (non-hydrogen) atoms. The van der Waals surface area contributed by atoms with E-state index in [1.54, 1.807) is 0 Å². The molecule has 2 aliphatic heterocycles. The highest BCUT2D eigenvalue weighted by Crippen LogP contribution is 2.37. The lowest BCUT2D eigenvalue weighted by atomic mass is 9.90. The zero-order chi connectivity index (χ0) is 16.0. The minimum absolute atomic E-state index is 0.0355. The van der Waals surface area contributed by atoms with E-state index in [2.05, 4.69) is 15.7 Å². The Morgan fingerprint density at radius 3 is 3.13 bits per heavy atom. The molecule has 1 aromatic heterocycles. The van der Waals surface area contributed by atoms with Crippen molar-refractivity contribution in [1.29, 1.82) is 0 Å². The van der Waals surface area contributed by atoms with Crippen molar-refractivity contribution in [3.8, 4) is 0 Å². The summed E-state index contributed by atoms with van der Waals surface area (Å²) in [6.07, 6.45) is 1.53. The van der Waals surface area contributed by atoms with E-state index < -0.39 is 0 Å². The van der Waals surface area contributed by atoms with Gasteiger partial charge in [0.1, 0.15) is 5.82 Å². The Morgan fingerprint density at radius 1 is 1.39 bits per heavy atom. The van der Waals surface area contributed by atoms with Crippen LogP contribution < -0.4 is 16.4 Å². The normalized spacial score (nSPS) is 19.6. The molecule has 6 nitrogen and oxygen atoms in total. The fourth-order valence-electron chi connectivity index (χ4n) is 3.48. The number of nitrogens with zero attached hydrogens (tertiary/aromatic N) is 2. The minimum atomic E-state index is -0.254. The van der Waals surface area contributed by atoms with Gasteiger partial charge in [-0.2, -0.15) is 0 Å². The first-order chi connectivity index (χ1) is 11.2. The van der Waals surface area contributed by atoms with Crippen LogP contribution in [0.4, 0.5) is 11.5 Å². The van der Waals surface area contributed by atoms with Crippen LogP contribution >= 0.6 is 11.6 Å². The molecule has 0 saturated heterocycles. The zero-order valence-corrected chi connectivity index (χ0v) is 13.4. The van der Waals surface area contributed by atoms with Crippen molar-refractivity contribution >= 4 is 29.0 Å². The van der Waals surface area contributed by atoms with Crippen LogP contribution in [0.25, 0.3) is 0 Å². The molecule has 1 atom stereocenters. The number of nitrogens with one attached hydrogen (secondary N) is 2. The van der Waals surface area contributed by atoms with Gasteiger partial charge in [-0.05, 0) is 31.0 Å². The van der Waals surface area contributed by atoms with Crippen LogP contribution in [0.15, 0.2) is 18.2 Å². The molecular weight excluding hydrogens is 314 g/mol. The van der Waals surface area contributed by atoms with E-state index >= 15 is 0 Å². The predicted molar refractivity (Wildman–Crippen MR) is 90.0 cm³/mol. The summed E-state index contributed by atoms with van der Waals surface area (Å²) in [6, 6.07) is 5.66. The Hall–Kier alpha value is -2.05. The number of hydrogen-bond donors (Lipinski definition) is 3. The molecule has 2 aliphatic rings. The first-order valence-corrected chi connectivity index (χ1v) is 8.18. The van der Waals surface area contributed by atoms with Crippen molar-refractivity contribution in [2.24, 2.45) is 0 Å². The molecule has 0 bridgehead atoms. The van der Waals surface area contributed by atoms with Gasteiger partial charge in [0, 0.05) is 18.7 Å². The SMILES string of the molecule is Nc1nn(C(=O)[C@@H]2CCNc3c(Cl)cccc32)c2c1CCNC2. The summed E-state index contributed by atoms with van der Waals surface area (Å²) in [5.41, 5.74) is 9.67. The van der Waals surface area contributed by atoms with Crippen molar-refractivity contribution in [1.82, 2.24) is 15.1 Å². The Morgan fingerprint density at radius 2 is 2.26 bits per heavy atom. The van der Waals surface area contributed by atoms with Gasteiger partial charge < -0.3 is 16.4 Å². The standard InChI is InChI=1S/C16H18ClN5O/c17-12-3-1-2-9-10(5-7-20-14(9)12)16(23)22-13-8-19-6-4-11(13)15(18)21-22/h1-3,10,19-20H,4-8H2,(H2,18,21)/t10-/m1/s1. The predicted octanol–water partition coefficient (Wildman–Crippen LogP) is 2.00. The van der Waals surface area contributed by atoms with E-state index in [0.717, 1.165) is 35.5 Å². The minimum Gasteiger partial charge on any atom is -0.384 e. The molecule has 0 amide bonds.